The van der Waals surface area contributed by atoms with Crippen molar-refractivity contribution in [2.24, 2.45) is 17.8 Å². The zero-order valence-electron chi connectivity index (χ0n) is 6.95. The summed E-state index contributed by atoms with van der Waals surface area (Å²) < 4.78 is 0. The summed E-state index contributed by atoms with van der Waals surface area (Å²) in [7, 11) is 0. The molecule has 0 aromatic rings. The number of carbonyl (C=O) groups is 1. The van der Waals surface area contributed by atoms with Crippen LogP contribution in [0.4, 0.5) is 0 Å². The first-order valence-corrected chi connectivity index (χ1v) is 4.07. The molecule has 12 heavy (non-hydrogen) atoms. The molecule has 0 aromatic heterocycles. The van der Waals surface area contributed by atoms with Crippen LogP contribution in [0, 0.1) is 40.4 Å². The highest BCUT2D eigenvalue weighted by atomic mass is 16.1. The van der Waals surface area contributed by atoms with E-state index in [4.69, 9.17) is 10.5 Å². The van der Waals surface area contributed by atoms with E-state index in [9.17, 15) is 4.79 Å². The van der Waals surface area contributed by atoms with Crippen molar-refractivity contribution >= 4 is 5.78 Å². The number of Topliss-reactive ketones (excluding diaryl/α,β-unsaturated/α-hetero) is 1. The molecule has 3 heteroatoms. The minimum atomic E-state index is -1.04. The normalized spacial score (nSPS) is 26.0. The lowest BCUT2D eigenvalue weighted by atomic mass is 10.0. The molecule has 0 aromatic carbocycles. The molecule has 1 aliphatic carbocycles. The fourth-order valence-corrected chi connectivity index (χ4v) is 1.42. The summed E-state index contributed by atoms with van der Waals surface area (Å²) in [6.45, 7) is 2.02. The molecule has 3 nitrogen and oxygen atoms in total. The molecule has 0 spiro atoms. The quantitative estimate of drug-likeness (QED) is 0.627. The Hall–Kier alpha value is -1.35. The van der Waals surface area contributed by atoms with Gasteiger partial charge in [-0.05, 0) is 12.3 Å². The van der Waals surface area contributed by atoms with Crippen LogP contribution < -0.4 is 0 Å². The van der Waals surface area contributed by atoms with Gasteiger partial charge >= 0.3 is 0 Å². The Morgan fingerprint density at radius 2 is 2.17 bits per heavy atom. The van der Waals surface area contributed by atoms with Crippen molar-refractivity contribution < 1.29 is 4.79 Å². The molecule has 1 saturated carbocycles. The first-order valence-electron chi connectivity index (χ1n) is 4.07. The molecule has 0 aliphatic heterocycles. The number of hydrogen-bond acceptors (Lipinski definition) is 3. The topological polar surface area (TPSA) is 64.7 Å². The SMILES string of the molecule is CCC1CC1C(=O)C(C#N)C#N. The molecule has 2 unspecified atom stereocenters. The smallest absolute Gasteiger partial charge is 0.191 e. The molecule has 1 fully saturated rings. The third kappa shape index (κ3) is 1.46. The second-order valence-electron chi connectivity index (χ2n) is 3.10. The van der Waals surface area contributed by atoms with E-state index in [0.29, 0.717) is 5.92 Å². The molecule has 1 aliphatic rings. The van der Waals surface area contributed by atoms with Crippen molar-refractivity contribution in [3.8, 4) is 12.1 Å². The molecular weight excluding hydrogens is 152 g/mol. The van der Waals surface area contributed by atoms with Crippen molar-refractivity contribution in [1.82, 2.24) is 0 Å². The van der Waals surface area contributed by atoms with Crippen LogP contribution in [0.15, 0.2) is 0 Å². The Kier molecular flexibility index (Phi) is 2.45. The molecule has 0 saturated heterocycles. The van der Waals surface area contributed by atoms with E-state index >= 15 is 0 Å². The Labute approximate surface area is 71.6 Å². The molecule has 0 bridgehead atoms. The third-order valence-electron chi connectivity index (χ3n) is 2.36. The lowest BCUT2D eigenvalue weighted by molar-refractivity contribution is -0.121. The highest BCUT2D eigenvalue weighted by Gasteiger charge is 2.44. The molecule has 2 atom stereocenters. The van der Waals surface area contributed by atoms with E-state index in [1.165, 1.54) is 0 Å². The van der Waals surface area contributed by atoms with Gasteiger partial charge in [-0.2, -0.15) is 10.5 Å². The number of hydrogen-bond donors (Lipinski definition) is 0. The average Bonchev–Trinajstić information content (AvgIpc) is 2.85. The molecule has 1 rings (SSSR count). The van der Waals surface area contributed by atoms with Gasteiger partial charge in [0.2, 0.25) is 0 Å². The van der Waals surface area contributed by atoms with Crippen LogP contribution in [-0.4, -0.2) is 5.78 Å². The van der Waals surface area contributed by atoms with Gasteiger partial charge in [-0.3, -0.25) is 4.79 Å². The Bertz CT molecular complexity index is 257. The van der Waals surface area contributed by atoms with E-state index in [-0.39, 0.29) is 11.7 Å². The van der Waals surface area contributed by atoms with Crippen LogP contribution in [0.3, 0.4) is 0 Å². The summed E-state index contributed by atoms with van der Waals surface area (Å²) in [5, 5.41) is 16.9. The minimum absolute atomic E-state index is 0.000648. The van der Waals surface area contributed by atoms with Crippen molar-refractivity contribution in [2.75, 3.05) is 0 Å². The van der Waals surface area contributed by atoms with E-state index < -0.39 is 5.92 Å². The van der Waals surface area contributed by atoms with Gasteiger partial charge in [0.1, 0.15) is 0 Å². The van der Waals surface area contributed by atoms with Crippen LogP contribution in [0.1, 0.15) is 19.8 Å². The van der Waals surface area contributed by atoms with Crippen LogP contribution in [0.2, 0.25) is 0 Å². The monoisotopic (exact) mass is 162 g/mol. The number of nitrogens with zero attached hydrogens (tertiary/aromatic N) is 2. The molecule has 0 heterocycles. The molecule has 62 valence electrons. The van der Waals surface area contributed by atoms with E-state index in [0.717, 1.165) is 12.8 Å². The molecule has 0 radical (unpaired) electrons. The summed E-state index contributed by atoms with van der Waals surface area (Å²) in [5.74, 6) is -0.778. The summed E-state index contributed by atoms with van der Waals surface area (Å²) in [4.78, 5) is 11.3. The lowest BCUT2D eigenvalue weighted by Crippen LogP contribution is -2.13. The number of rotatable bonds is 3. The first-order chi connectivity index (χ1) is 5.74. The Morgan fingerprint density at radius 3 is 2.50 bits per heavy atom. The fourth-order valence-electron chi connectivity index (χ4n) is 1.42. The van der Waals surface area contributed by atoms with Gasteiger partial charge in [0.05, 0.1) is 12.1 Å². The summed E-state index contributed by atoms with van der Waals surface area (Å²) >= 11 is 0. The van der Waals surface area contributed by atoms with Crippen LogP contribution in [0.25, 0.3) is 0 Å². The summed E-state index contributed by atoms with van der Waals surface area (Å²) in [5.41, 5.74) is 0. The largest absolute Gasteiger partial charge is 0.297 e. The zero-order valence-corrected chi connectivity index (χ0v) is 6.95. The molecule has 0 amide bonds. The van der Waals surface area contributed by atoms with Crippen molar-refractivity contribution in [1.29, 1.82) is 10.5 Å². The second-order valence-corrected chi connectivity index (χ2v) is 3.10. The maximum absolute atomic E-state index is 11.3. The predicted molar refractivity (Wildman–Crippen MR) is 41.6 cm³/mol. The van der Waals surface area contributed by atoms with Crippen molar-refractivity contribution in [3.05, 3.63) is 0 Å². The van der Waals surface area contributed by atoms with Crippen LogP contribution in [0.5, 0.6) is 0 Å². The standard InChI is InChI=1S/C9H10N2O/c1-2-6-3-8(6)9(12)7(4-10)5-11/h6-8H,2-3H2,1H3. The summed E-state index contributed by atoms with van der Waals surface area (Å²) in [6, 6.07) is 3.41. The maximum atomic E-state index is 11.3. The van der Waals surface area contributed by atoms with Crippen LogP contribution >= 0.6 is 0 Å². The van der Waals surface area contributed by atoms with Gasteiger partial charge in [-0.25, -0.2) is 0 Å². The van der Waals surface area contributed by atoms with Gasteiger partial charge in [0.25, 0.3) is 0 Å². The van der Waals surface area contributed by atoms with Crippen molar-refractivity contribution in [3.63, 3.8) is 0 Å². The zero-order chi connectivity index (χ0) is 9.14. The summed E-state index contributed by atoms with van der Waals surface area (Å²) in [6.07, 6.45) is 1.84. The van der Waals surface area contributed by atoms with E-state index in [2.05, 4.69) is 0 Å². The maximum Gasteiger partial charge on any atom is 0.191 e. The number of nitriles is 2. The molecule has 0 N–H and O–H groups in total. The van der Waals surface area contributed by atoms with Gasteiger partial charge in [-0.15, -0.1) is 0 Å². The lowest BCUT2D eigenvalue weighted by Gasteiger charge is -1.96. The first kappa shape index (κ1) is 8.74. The van der Waals surface area contributed by atoms with Crippen molar-refractivity contribution in [2.45, 2.75) is 19.8 Å². The predicted octanol–water partition coefficient (Wildman–Crippen LogP) is 1.26. The van der Waals surface area contributed by atoms with E-state index in [1.54, 1.807) is 12.1 Å². The van der Waals surface area contributed by atoms with E-state index in [1.807, 2.05) is 6.92 Å². The highest BCUT2D eigenvalue weighted by Crippen LogP contribution is 2.42. The van der Waals surface area contributed by atoms with Gasteiger partial charge in [-0.1, -0.05) is 13.3 Å². The number of ketones is 1. The minimum Gasteiger partial charge on any atom is -0.297 e. The fraction of sp³-hybridized carbons (Fsp3) is 0.667. The average molecular weight is 162 g/mol. The van der Waals surface area contributed by atoms with Gasteiger partial charge in [0, 0.05) is 5.92 Å². The van der Waals surface area contributed by atoms with Crippen LogP contribution in [-0.2, 0) is 4.79 Å². The second kappa shape index (κ2) is 3.36. The van der Waals surface area contributed by atoms with Gasteiger partial charge in [0.15, 0.2) is 11.7 Å². The van der Waals surface area contributed by atoms with Gasteiger partial charge < -0.3 is 0 Å². The number of carbonyl (C=O) groups excluding carboxylic acids is 1. The molecular formula is C9H10N2O. The highest BCUT2D eigenvalue weighted by molar-refractivity contribution is 5.90. The third-order valence-corrected chi connectivity index (χ3v) is 2.36. The Balaban J connectivity index is 2.52. The Morgan fingerprint density at radius 1 is 1.58 bits per heavy atom.